The van der Waals surface area contributed by atoms with Gasteiger partial charge in [-0.3, -0.25) is 14.5 Å². The summed E-state index contributed by atoms with van der Waals surface area (Å²) < 4.78 is 11.1. The predicted molar refractivity (Wildman–Crippen MR) is 85.2 cm³/mol. The van der Waals surface area contributed by atoms with E-state index in [0.29, 0.717) is 0 Å². The van der Waals surface area contributed by atoms with E-state index in [-0.39, 0.29) is 0 Å². The second-order valence-electron chi connectivity index (χ2n) is 5.99. The number of benzene rings is 1. The minimum absolute atomic E-state index is 0.391. The third-order valence-corrected chi connectivity index (χ3v) is 4.40. The third-order valence-electron chi connectivity index (χ3n) is 4.40. The van der Waals surface area contributed by atoms with Gasteiger partial charge in [0.2, 0.25) is 5.91 Å². The van der Waals surface area contributed by atoms with Crippen molar-refractivity contribution in [2.24, 2.45) is 11.7 Å². The standard InChI is InChI=1S/C17H20N2O5/c1-10(16(21)22)17(23-11(2)24-17)19-13(14(18)15(19)20)9-8-12-6-4-3-5-7-12/h3-11,13-14H,18H2,1-2H3,(H,21,22)/t10?,11?,13-,14+,17?/m1/s1. The first-order valence-corrected chi connectivity index (χ1v) is 7.77. The molecular weight excluding hydrogens is 312 g/mol. The van der Waals surface area contributed by atoms with Crippen LogP contribution < -0.4 is 5.73 Å². The number of carboxylic acids is 1. The summed E-state index contributed by atoms with van der Waals surface area (Å²) >= 11 is 0. The highest BCUT2D eigenvalue weighted by Crippen LogP contribution is 2.44. The number of likely N-dealkylation sites (tertiary alicyclic amines) is 1. The number of hydrogen-bond donors (Lipinski definition) is 2. The number of nitrogens with zero attached hydrogens (tertiary/aromatic N) is 1. The van der Waals surface area contributed by atoms with Gasteiger partial charge in [0.25, 0.3) is 5.91 Å². The molecule has 0 aliphatic carbocycles. The Kier molecular flexibility index (Phi) is 4.16. The van der Waals surface area contributed by atoms with Crippen LogP contribution in [0.15, 0.2) is 36.4 Å². The van der Waals surface area contributed by atoms with Gasteiger partial charge < -0.3 is 20.3 Å². The summed E-state index contributed by atoms with van der Waals surface area (Å²) in [4.78, 5) is 25.0. The molecule has 2 saturated heterocycles. The Labute approximate surface area is 139 Å². The maximum Gasteiger partial charge on any atom is 0.313 e. The number of carbonyl (C=O) groups excluding carboxylic acids is 1. The SMILES string of the molecule is CC1OC(C(C)C(=O)O)(N2C(=O)[C@@H](N)[C@H]2C=Cc2ccccc2)O1. The summed E-state index contributed by atoms with van der Waals surface area (Å²) in [7, 11) is 0. The molecule has 1 aromatic carbocycles. The lowest BCUT2D eigenvalue weighted by Crippen LogP contribution is -2.81. The molecular formula is C17H20N2O5. The number of hydrogen-bond acceptors (Lipinski definition) is 5. The van der Waals surface area contributed by atoms with Crippen LogP contribution in [-0.2, 0) is 19.1 Å². The highest BCUT2D eigenvalue weighted by molar-refractivity contribution is 5.91. The largest absolute Gasteiger partial charge is 0.481 e. The molecule has 2 heterocycles. The zero-order chi connectivity index (χ0) is 17.5. The minimum atomic E-state index is -1.61. The van der Waals surface area contributed by atoms with Crippen LogP contribution in [0.1, 0.15) is 19.4 Å². The summed E-state index contributed by atoms with van der Waals surface area (Å²) in [6, 6.07) is 8.30. The van der Waals surface area contributed by atoms with E-state index < -0.39 is 42.1 Å². The van der Waals surface area contributed by atoms with Crippen molar-refractivity contribution in [1.82, 2.24) is 4.90 Å². The molecule has 3 N–H and O–H groups in total. The number of nitrogens with two attached hydrogens (primary N) is 1. The van der Waals surface area contributed by atoms with Crippen LogP contribution >= 0.6 is 0 Å². The van der Waals surface area contributed by atoms with Crippen LogP contribution in [-0.4, -0.2) is 46.2 Å². The number of aliphatic carboxylic acids is 1. The highest BCUT2D eigenvalue weighted by atomic mass is 16.9. The van der Waals surface area contributed by atoms with Gasteiger partial charge in [-0.1, -0.05) is 42.5 Å². The molecule has 7 nitrogen and oxygen atoms in total. The summed E-state index contributed by atoms with van der Waals surface area (Å²) in [5, 5.41) is 9.34. The lowest BCUT2D eigenvalue weighted by atomic mass is 9.89. The van der Waals surface area contributed by atoms with Gasteiger partial charge in [-0.25, -0.2) is 0 Å². The molecule has 0 bridgehead atoms. The predicted octanol–water partition coefficient (Wildman–Crippen LogP) is 1.01. The molecule has 0 saturated carbocycles. The first-order valence-electron chi connectivity index (χ1n) is 7.77. The lowest BCUT2D eigenvalue weighted by molar-refractivity contribution is -0.506. The topological polar surface area (TPSA) is 102 Å². The van der Waals surface area contributed by atoms with E-state index in [2.05, 4.69) is 0 Å². The average molecular weight is 332 g/mol. The average Bonchev–Trinajstić information content (AvgIpc) is 2.55. The van der Waals surface area contributed by atoms with Crippen LogP contribution in [0.4, 0.5) is 0 Å². The fourth-order valence-corrected chi connectivity index (χ4v) is 3.04. The first-order chi connectivity index (χ1) is 11.4. The van der Waals surface area contributed by atoms with Gasteiger partial charge in [-0.05, 0) is 19.4 Å². The van der Waals surface area contributed by atoms with E-state index in [9.17, 15) is 14.7 Å². The van der Waals surface area contributed by atoms with Gasteiger partial charge >= 0.3 is 5.97 Å². The van der Waals surface area contributed by atoms with Crippen LogP contribution in [0.5, 0.6) is 0 Å². The summed E-state index contributed by atoms with van der Waals surface area (Å²) in [6.45, 7) is 3.09. The fraction of sp³-hybridized carbons (Fsp3) is 0.412. The Morgan fingerprint density at radius 2 is 2.00 bits per heavy atom. The maximum absolute atomic E-state index is 12.3. The minimum Gasteiger partial charge on any atom is -0.481 e. The van der Waals surface area contributed by atoms with Crippen molar-refractivity contribution < 1.29 is 24.2 Å². The molecule has 3 rings (SSSR count). The smallest absolute Gasteiger partial charge is 0.313 e. The Morgan fingerprint density at radius 3 is 2.54 bits per heavy atom. The number of carbonyl (C=O) groups is 2. The molecule has 1 amide bonds. The Hall–Kier alpha value is -2.22. The number of amides is 1. The van der Waals surface area contributed by atoms with Crippen molar-refractivity contribution in [2.75, 3.05) is 0 Å². The summed E-state index contributed by atoms with van der Waals surface area (Å²) in [5.41, 5.74) is 6.86. The third kappa shape index (κ3) is 2.50. The Morgan fingerprint density at radius 1 is 1.38 bits per heavy atom. The second kappa shape index (κ2) is 6.01. The van der Waals surface area contributed by atoms with Crippen molar-refractivity contribution in [1.29, 1.82) is 0 Å². The number of rotatable bonds is 5. The Bertz CT molecular complexity index is 669. The quantitative estimate of drug-likeness (QED) is 0.780. The normalized spacial score (nSPS) is 33.9. The monoisotopic (exact) mass is 332 g/mol. The van der Waals surface area contributed by atoms with Crippen molar-refractivity contribution in [3.8, 4) is 0 Å². The zero-order valence-corrected chi connectivity index (χ0v) is 13.5. The van der Waals surface area contributed by atoms with E-state index in [0.717, 1.165) is 5.56 Å². The molecule has 2 aliphatic rings. The van der Waals surface area contributed by atoms with Gasteiger partial charge in [-0.2, -0.15) is 0 Å². The van der Waals surface area contributed by atoms with Crippen molar-refractivity contribution in [3.05, 3.63) is 42.0 Å². The van der Waals surface area contributed by atoms with Crippen LogP contribution in [0.3, 0.4) is 0 Å². The second-order valence-corrected chi connectivity index (χ2v) is 5.99. The van der Waals surface area contributed by atoms with Gasteiger partial charge in [0.1, 0.15) is 12.0 Å². The molecule has 2 fully saturated rings. The van der Waals surface area contributed by atoms with Crippen molar-refractivity contribution >= 4 is 18.0 Å². The molecule has 0 spiro atoms. The molecule has 7 heteroatoms. The van der Waals surface area contributed by atoms with E-state index in [1.807, 2.05) is 36.4 Å². The molecule has 3 atom stereocenters. The van der Waals surface area contributed by atoms with Crippen molar-refractivity contribution in [3.63, 3.8) is 0 Å². The van der Waals surface area contributed by atoms with Crippen molar-refractivity contribution in [2.45, 2.75) is 38.1 Å². The van der Waals surface area contributed by atoms with Crippen LogP contribution in [0, 0.1) is 5.92 Å². The highest BCUT2D eigenvalue weighted by Gasteiger charge is 2.65. The summed E-state index contributed by atoms with van der Waals surface area (Å²) in [5.74, 6) is -4.15. The molecule has 0 aromatic heterocycles. The molecule has 1 unspecified atom stereocenters. The number of carboxylic acid groups (broad SMARTS) is 1. The van der Waals surface area contributed by atoms with E-state index in [4.69, 9.17) is 15.2 Å². The lowest BCUT2D eigenvalue weighted by Gasteiger charge is -2.60. The first kappa shape index (κ1) is 16.6. The molecule has 24 heavy (non-hydrogen) atoms. The summed E-state index contributed by atoms with van der Waals surface area (Å²) in [6.07, 6.45) is 3.04. The number of ether oxygens (including phenoxy) is 2. The van der Waals surface area contributed by atoms with E-state index in [1.54, 1.807) is 13.0 Å². The zero-order valence-electron chi connectivity index (χ0n) is 13.5. The van der Waals surface area contributed by atoms with Gasteiger partial charge in [0, 0.05) is 0 Å². The van der Waals surface area contributed by atoms with E-state index >= 15 is 0 Å². The Balaban J connectivity index is 1.86. The molecule has 1 aromatic rings. The van der Waals surface area contributed by atoms with Crippen LogP contribution in [0.25, 0.3) is 6.08 Å². The van der Waals surface area contributed by atoms with Crippen LogP contribution in [0.2, 0.25) is 0 Å². The maximum atomic E-state index is 12.3. The number of β-lactam (4-membered cyclic amide) rings is 1. The fourth-order valence-electron chi connectivity index (χ4n) is 3.04. The van der Waals surface area contributed by atoms with Gasteiger partial charge in [0.05, 0.1) is 6.04 Å². The molecule has 0 radical (unpaired) electrons. The molecule has 2 aliphatic heterocycles. The molecule has 128 valence electrons. The van der Waals surface area contributed by atoms with E-state index in [1.165, 1.54) is 11.8 Å². The van der Waals surface area contributed by atoms with Gasteiger partial charge in [0.15, 0.2) is 6.29 Å². The van der Waals surface area contributed by atoms with Gasteiger partial charge in [-0.15, -0.1) is 0 Å².